The van der Waals surface area contributed by atoms with Crippen LogP contribution < -0.4 is 9.47 Å². The second-order valence-corrected chi connectivity index (χ2v) is 9.49. The van der Waals surface area contributed by atoms with E-state index < -0.39 is 0 Å². The average molecular weight is 467 g/mol. The first-order valence-corrected chi connectivity index (χ1v) is 12.5. The van der Waals surface area contributed by atoms with Gasteiger partial charge >= 0.3 is 0 Å². The summed E-state index contributed by atoms with van der Waals surface area (Å²) >= 11 is 0. The van der Waals surface area contributed by atoms with Crippen molar-refractivity contribution in [3.63, 3.8) is 0 Å². The summed E-state index contributed by atoms with van der Waals surface area (Å²) in [6.45, 7) is 6.79. The van der Waals surface area contributed by atoms with Crippen molar-refractivity contribution < 1.29 is 19.0 Å². The third kappa shape index (κ3) is 5.91. The Morgan fingerprint density at radius 3 is 2.71 bits per heavy atom. The number of amides is 1. The van der Waals surface area contributed by atoms with Gasteiger partial charge in [-0.3, -0.25) is 9.69 Å². The number of ether oxygens (including phenoxy) is 3. The van der Waals surface area contributed by atoms with Crippen LogP contribution >= 0.6 is 0 Å². The summed E-state index contributed by atoms with van der Waals surface area (Å²) in [6, 6.07) is 14.0. The van der Waals surface area contributed by atoms with Crippen LogP contribution in [0.3, 0.4) is 0 Å². The molecule has 6 heteroatoms. The molecule has 2 heterocycles. The zero-order valence-corrected chi connectivity index (χ0v) is 20.8. The molecule has 1 saturated heterocycles. The van der Waals surface area contributed by atoms with E-state index in [2.05, 4.69) is 30.0 Å². The molecule has 34 heavy (non-hydrogen) atoms. The Morgan fingerprint density at radius 2 is 1.88 bits per heavy atom. The van der Waals surface area contributed by atoms with Crippen LogP contribution in [0.2, 0.25) is 0 Å². The van der Waals surface area contributed by atoms with Gasteiger partial charge < -0.3 is 19.1 Å². The first-order chi connectivity index (χ1) is 16.6. The summed E-state index contributed by atoms with van der Waals surface area (Å²) in [4.78, 5) is 17.7. The van der Waals surface area contributed by atoms with Gasteiger partial charge in [0, 0.05) is 50.3 Å². The third-order valence-corrected chi connectivity index (χ3v) is 7.20. The molecular formula is C28H38N2O4. The number of rotatable bonds is 4. The molecule has 4 rings (SSSR count). The highest BCUT2D eigenvalue weighted by molar-refractivity contribution is 5.94. The Labute approximate surface area is 203 Å². The van der Waals surface area contributed by atoms with Crippen LogP contribution in [-0.4, -0.2) is 68.8 Å². The number of para-hydroxylation sites is 1. The lowest BCUT2D eigenvalue weighted by atomic mass is 9.89. The topological polar surface area (TPSA) is 51.2 Å². The summed E-state index contributed by atoms with van der Waals surface area (Å²) in [6.07, 6.45) is 4.40. The SMILES string of the molecule is COc1c(C)cccc1CN1CCCC[C@@H]2CN(CC[C@@H]2OC)C(=O)c2cccc(c2)OCC1. The highest BCUT2D eigenvalue weighted by Crippen LogP contribution is 2.28. The van der Waals surface area contributed by atoms with Crippen molar-refractivity contribution in [2.24, 2.45) is 5.92 Å². The molecule has 0 radical (unpaired) electrons. The lowest BCUT2D eigenvalue weighted by Crippen LogP contribution is -2.46. The molecule has 0 aromatic heterocycles. The van der Waals surface area contributed by atoms with Crippen molar-refractivity contribution in [3.8, 4) is 11.5 Å². The van der Waals surface area contributed by atoms with Gasteiger partial charge in [0.25, 0.3) is 5.91 Å². The molecule has 1 fully saturated rings. The predicted octanol–water partition coefficient (Wildman–Crippen LogP) is 4.55. The standard InChI is InChI=1S/C28H38N2O4/c1-21-8-6-11-24(27(21)33-3)19-29-14-5-4-9-23-20-30(15-13-26(23)32-2)28(31)22-10-7-12-25(18-22)34-17-16-29/h6-8,10-12,18,23,26H,4-5,9,13-17,19-20H2,1-3H3/t23-,26+/m1/s1. The summed E-state index contributed by atoms with van der Waals surface area (Å²) in [7, 11) is 3.55. The number of hydrogen-bond acceptors (Lipinski definition) is 5. The van der Waals surface area contributed by atoms with E-state index in [1.807, 2.05) is 29.2 Å². The molecule has 2 aromatic carbocycles. The van der Waals surface area contributed by atoms with E-state index in [4.69, 9.17) is 14.2 Å². The monoisotopic (exact) mass is 466 g/mol. The van der Waals surface area contributed by atoms with Gasteiger partial charge in [0.1, 0.15) is 18.1 Å². The van der Waals surface area contributed by atoms with Gasteiger partial charge in [0.2, 0.25) is 0 Å². The Morgan fingerprint density at radius 1 is 1.03 bits per heavy atom. The highest BCUT2D eigenvalue weighted by Gasteiger charge is 2.31. The van der Waals surface area contributed by atoms with Crippen LogP contribution in [-0.2, 0) is 11.3 Å². The number of aryl methyl sites for hydroxylation is 1. The summed E-state index contributed by atoms with van der Waals surface area (Å²) in [5.41, 5.74) is 3.06. The molecule has 0 N–H and O–H groups in total. The second kappa shape index (κ2) is 11.7. The van der Waals surface area contributed by atoms with Gasteiger partial charge in [-0.2, -0.15) is 0 Å². The van der Waals surface area contributed by atoms with Gasteiger partial charge in [-0.25, -0.2) is 0 Å². The van der Waals surface area contributed by atoms with Gasteiger partial charge in [0.15, 0.2) is 0 Å². The Hall–Kier alpha value is -2.57. The number of nitrogens with zero attached hydrogens (tertiary/aromatic N) is 2. The summed E-state index contributed by atoms with van der Waals surface area (Å²) in [5, 5.41) is 0. The van der Waals surface area contributed by atoms with Crippen molar-refractivity contribution in [3.05, 3.63) is 59.2 Å². The smallest absolute Gasteiger partial charge is 0.254 e. The Kier molecular flexibility index (Phi) is 8.46. The van der Waals surface area contributed by atoms with E-state index in [0.29, 0.717) is 18.1 Å². The molecule has 4 bridgehead atoms. The van der Waals surface area contributed by atoms with Gasteiger partial charge in [0.05, 0.1) is 13.2 Å². The molecule has 2 aliphatic heterocycles. The van der Waals surface area contributed by atoms with Crippen LogP contribution in [0.5, 0.6) is 11.5 Å². The third-order valence-electron chi connectivity index (χ3n) is 7.20. The summed E-state index contributed by atoms with van der Waals surface area (Å²) < 4.78 is 17.6. The first-order valence-electron chi connectivity index (χ1n) is 12.5. The minimum atomic E-state index is 0.0908. The molecule has 1 amide bonds. The van der Waals surface area contributed by atoms with Crippen molar-refractivity contribution in [1.82, 2.24) is 9.80 Å². The normalized spacial score (nSPS) is 22.4. The van der Waals surface area contributed by atoms with Crippen LogP contribution in [0.4, 0.5) is 0 Å². The van der Waals surface area contributed by atoms with Crippen LogP contribution in [0.1, 0.15) is 47.2 Å². The van der Waals surface area contributed by atoms with Crippen LogP contribution in [0.25, 0.3) is 0 Å². The molecular weight excluding hydrogens is 428 g/mol. The fraction of sp³-hybridized carbons (Fsp3) is 0.536. The molecule has 2 aliphatic rings. The largest absolute Gasteiger partial charge is 0.496 e. The molecule has 0 spiro atoms. The number of hydrogen-bond donors (Lipinski definition) is 0. The van der Waals surface area contributed by atoms with E-state index in [1.165, 1.54) is 5.56 Å². The van der Waals surface area contributed by atoms with E-state index in [0.717, 1.165) is 75.5 Å². The molecule has 0 aliphatic carbocycles. The maximum absolute atomic E-state index is 13.2. The zero-order valence-electron chi connectivity index (χ0n) is 20.8. The number of benzene rings is 2. The van der Waals surface area contributed by atoms with E-state index in [1.54, 1.807) is 14.2 Å². The van der Waals surface area contributed by atoms with E-state index in [-0.39, 0.29) is 12.0 Å². The Balaban J connectivity index is 1.53. The van der Waals surface area contributed by atoms with Crippen molar-refractivity contribution in [2.45, 2.75) is 45.3 Å². The second-order valence-electron chi connectivity index (χ2n) is 9.49. The lowest BCUT2D eigenvalue weighted by molar-refractivity contribution is -0.00677. The van der Waals surface area contributed by atoms with Crippen LogP contribution in [0.15, 0.2) is 42.5 Å². The molecule has 2 aromatic rings. The minimum Gasteiger partial charge on any atom is -0.496 e. The maximum atomic E-state index is 13.2. The van der Waals surface area contributed by atoms with Gasteiger partial charge in [-0.05, 0) is 56.5 Å². The number of piperidine rings is 1. The van der Waals surface area contributed by atoms with Gasteiger partial charge in [-0.1, -0.05) is 30.7 Å². The predicted molar refractivity (Wildman–Crippen MR) is 134 cm³/mol. The quantitative estimate of drug-likeness (QED) is 0.662. The highest BCUT2D eigenvalue weighted by atomic mass is 16.5. The average Bonchev–Trinajstić information content (AvgIpc) is 2.86. The minimum absolute atomic E-state index is 0.0908. The van der Waals surface area contributed by atoms with Gasteiger partial charge in [-0.15, -0.1) is 0 Å². The van der Waals surface area contributed by atoms with E-state index >= 15 is 0 Å². The molecule has 2 atom stereocenters. The van der Waals surface area contributed by atoms with Crippen molar-refractivity contribution in [2.75, 3.05) is 47.0 Å². The van der Waals surface area contributed by atoms with Crippen molar-refractivity contribution in [1.29, 1.82) is 0 Å². The lowest BCUT2D eigenvalue weighted by Gasteiger charge is -2.38. The van der Waals surface area contributed by atoms with Crippen molar-refractivity contribution >= 4 is 5.91 Å². The molecule has 6 nitrogen and oxygen atoms in total. The fourth-order valence-corrected chi connectivity index (χ4v) is 5.36. The molecule has 184 valence electrons. The number of carbonyl (C=O) groups excluding carboxylic acids is 1. The summed E-state index contributed by atoms with van der Waals surface area (Å²) in [5.74, 6) is 2.18. The van der Waals surface area contributed by atoms with Crippen LogP contribution in [0, 0.1) is 12.8 Å². The number of carbonyl (C=O) groups is 1. The Bertz CT molecular complexity index is 963. The fourth-order valence-electron chi connectivity index (χ4n) is 5.36. The first kappa shape index (κ1) is 24.6. The number of fused-ring (bicyclic) bond motifs is 4. The molecule has 0 unspecified atom stereocenters. The maximum Gasteiger partial charge on any atom is 0.254 e. The number of methoxy groups -OCH3 is 2. The molecule has 0 saturated carbocycles. The zero-order chi connectivity index (χ0) is 23.9. The van der Waals surface area contributed by atoms with E-state index in [9.17, 15) is 4.79 Å².